The molecule has 0 aliphatic rings. The van der Waals surface area contributed by atoms with E-state index in [9.17, 15) is 0 Å². The van der Waals surface area contributed by atoms with Gasteiger partial charge >= 0.3 is 0 Å². The molecule has 0 saturated carbocycles. The molecule has 62 valence electrons. The summed E-state index contributed by atoms with van der Waals surface area (Å²) < 4.78 is 0. The van der Waals surface area contributed by atoms with Gasteiger partial charge < -0.3 is 15.9 Å². The first-order valence-electron chi connectivity index (χ1n) is 3.38. The molecule has 0 saturated heterocycles. The second kappa shape index (κ2) is 5.56. The van der Waals surface area contributed by atoms with E-state index in [2.05, 4.69) is 0 Å². The van der Waals surface area contributed by atoms with Crippen LogP contribution in [0.5, 0.6) is 11.5 Å². The zero-order valence-electron chi connectivity index (χ0n) is 6.49. The number of hydrogen-bond donors (Lipinski definition) is 3. The highest BCUT2D eigenvalue weighted by molar-refractivity contribution is 5.28. The van der Waals surface area contributed by atoms with Crippen molar-refractivity contribution >= 4 is 0 Å². The van der Waals surface area contributed by atoms with Crippen LogP contribution in [0, 0.1) is 0 Å². The molecule has 0 unspecified atom stereocenters. The van der Waals surface area contributed by atoms with Gasteiger partial charge in [-0.05, 0) is 30.8 Å². The van der Waals surface area contributed by atoms with E-state index in [1.165, 1.54) is 24.3 Å². The molecule has 11 heavy (non-hydrogen) atoms. The van der Waals surface area contributed by atoms with Gasteiger partial charge in [0.05, 0.1) is 0 Å². The minimum Gasteiger partial charge on any atom is -0.508 e. The molecule has 0 amide bonds. The molecule has 4 N–H and O–H groups in total. The predicted octanol–water partition coefficient (Wildman–Crippen LogP) is 1.06. The topological polar surface area (TPSA) is 66.5 Å². The maximum absolute atomic E-state index is 8.65. The Kier molecular flexibility index (Phi) is 4.94. The highest BCUT2D eigenvalue weighted by Crippen LogP contribution is 2.13. The third kappa shape index (κ3) is 5.24. The van der Waals surface area contributed by atoms with E-state index in [4.69, 9.17) is 15.9 Å². The zero-order chi connectivity index (χ0) is 8.69. The van der Waals surface area contributed by atoms with Crippen LogP contribution in [0.4, 0.5) is 0 Å². The maximum atomic E-state index is 8.65. The van der Waals surface area contributed by atoms with Gasteiger partial charge in [0.15, 0.2) is 0 Å². The van der Waals surface area contributed by atoms with Crippen molar-refractivity contribution in [1.29, 1.82) is 0 Å². The number of hydrogen-bond acceptors (Lipinski definition) is 3. The summed E-state index contributed by atoms with van der Waals surface area (Å²) in [6.07, 6.45) is 0. The number of phenolic OH excluding ortho intramolecular Hbond substituents is 2. The standard InChI is InChI=1S/C6H6O2.C2H7N/c7-5-1-2-6(8)4-3-5;1-2-3/h1-4,7-8H;2-3H2,1H3. The Hall–Kier alpha value is -1.22. The number of benzene rings is 1. The Morgan fingerprint density at radius 3 is 1.45 bits per heavy atom. The fourth-order valence-electron chi connectivity index (χ4n) is 0.453. The molecule has 0 radical (unpaired) electrons. The molecule has 0 atom stereocenters. The molecule has 1 aromatic carbocycles. The van der Waals surface area contributed by atoms with Gasteiger partial charge in [0.1, 0.15) is 11.5 Å². The Balaban J connectivity index is 0.000000292. The summed E-state index contributed by atoms with van der Waals surface area (Å²) in [4.78, 5) is 0. The highest BCUT2D eigenvalue weighted by atomic mass is 16.3. The van der Waals surface area contributed by atoms with E-state index in [1.54, 1.807) is 0 Å². The molecule has 3 heteroatoms. The van der Waals surface area contributed by atoms with E-state index >= 15 is 0 Å². The van der Waals surface area contributed by atoms with Crippen molar-refractivity contribution in [3.05, 3.63) is 24.3 Å². The van der Waals surface area contributed by atoms with Crippen molar-refractivity contribution in [3.8, 4) is 11.5 Å². The Bertz CT molecular complexity index is 163. The summed E-state index contributed by atoms with van der Waals surface area (Å²) in [5, 5.41) is 17.3. The summed E-state index contributed by atoms with van der Waals surface area (Å²) in [7, 11) is 0. The summed E-state index contributed by atoms with van der Waals surface area (Å²) >= 11 is 0. The van der Waals surface area contributed by atoms with Gasteiger partial charge in [-0.3, -0.25) is 0 Å². The lowest BCUT2D eigenvalue weighted by atomic mass is 10.3. The van der Waals surface area contributed by atoms with Crippen LogP contribution in [-0.2, 0) is 0 Å². The lowest BCUT2D eigenvalue weighted by Gasteiger charge is -1.88. The van der Waals surface area contributed by atoms with E-state index in [0.29, 0.717) is 0 Å². The largest absolute Gasteiger partial charge is 0.508 e. The number of nitrogens with two attached hydrogens (primary N) is 1. The van der Waals surface area contributed by atoms with E-state index in [0.717, 1.165) is 6.54 Å². The fourth-order valence-corrected chi connectivity index (χ4v) is 0.453. The second-order valence-corrected chi connectivity index (χ2v) is 1.92. The SMILES string of the molecule is CCN.Oc1ccc(O)cc1. The van der Waals surface area contributed by atoms with Gasteiger partial charge in [-0.1, -0.05) is 6.92 Å². The number of phenols is 2. The summed E-state index contributed by atoms with van der Waals surface area (Å²) in [6, 6.07) is 5.70. The number of rotatable bonds is 0. The Labute approximate surface area is 66.1 Å². The van der Waals surface area contributed by atoms with Crippen molar-refractivity contribution in [2.75, 3.05) is 6.54 Å². The molecule has 0 heterocycles. The maximum Gasteiger partial charge on any atom is 0.115 e. The van der Waals surface area contributed by atoms with Crippen LogP contribution in [0.1, 0.15) is 6.92 Å². The van der Waals surface area contributed by atoms with Gasteiger partial charge in [0, 0.05) is 0 Å². The molecule has 0 spiro atoms. The first-order valence-corrected chi connectivity index (χ1v) is 3.38. The summed E-state index contributed by atoms with van der Waals surface area (Å²) in [5.74, 6) is 0.339. The second-order valence-electron chi connectivity index (χ2n) is 1.92. The zero-order valence-corrected chi connectivity index (χ0v) is 6.49. The minimum atomic E-state index is 0.169. The lowest BCUT2D eigenvalue weighted by molar-refractivity contribution is 0.460. The molecule has 1 aromatic rings. The van der Waals surface area contributed by atoms with Crippen molar-refractivity contribution in [1.82, 2.24) is 0 Å². The minimum absolute atomic E-state index is 0.169. The third-order valence-corrected chi connectivity index (χ3v) is 0.850. The van der Waals surface area contributed by atoms with Crippen LogP contribution < -0.4 is 5.73 Å². The van der Waals surface area contributed by atoms with Crippen LogP contribution in [-0.4, -0.2) is 16.8 Å². The first-order chi connectivity index (χ1) is 5.20. The van der Waals surface area contributed by atoms with Crippen LogP contribution in [0.25, 0.3) is 0 Å². The molecule has 0 aromatic heterocycles. The van der Waals surface area contributed by atoms with Crippen LogP contribution in [0.2, 0.25) is 0 Å². The van der Waals surface area contributed by atoms with Crippen molar-refractivity contribution in [2.24, 2.45) is 5.73 Å². The Morgan fingerprint density at radius 1 is 1.09 bits per heavy atom. The highest BCUT2D eigenvalue weighted by Gasteiger charge is 1.84. The Morgan fingerprint density at radius 2 is 1.27 bits per heavy atom. The average molecular weight is 155 g/mol. The van der Waals surface area contributed by atoms with E-state index in [1.807, 2.05) is 6.92 Å². The van der Waals surface area contributed by atoms with Gasteiger partial charge in [0.25, 0.3) is 0 Å². The molecular formula is C8H13NO2. The van der Waals surface area contributed by atoms with Crippen molar-refractivity contribution in [3.63, 3.8) is 0 Å². The molecule has 3 nitrogen and oxygen atoms in total. The van der Waals surface area contributed by atoms with Gasteiger partial charge in [-0.2, -0.15) is 0 Å². The molecule has 1 rings (SSSR count). The normalized spacial score (nSPS) is 8.18. The first kappa shape index (κ1) is 9.78. The molecule has 0 fully saturated rings. The quantitative estimate of drug-likeness (QED) is 0.491. The monoisotopic (exact) mass is 155 g/mol. The van der Waals surface area contributed by atoms with Crippen molar-refractivity contribution in [2.45, 2.75) is 6.92 Å². The summed E-state index contributed by atoms with van der Waals surface area (Å²) in [6.45, 7) is 2.65. The smallest absolute Gasteiger partial charge is 0.115 e. The molecule has 0 aliphatic carbocycles. The van der Waals surface area contributed by atoms with Gasteiger partial charge in [-0.25, -0.2) is 0 Å². The molecule has 0 bridgehead atoms. The number of aromatic hydroxyl groups is 2. The van der Waals surface area contributed by atoms with Gasteiger partial charge in [-0.15, -0.1) is 0 Å². The molecule has 0 aliphatic heterocycles. The van der Waals surface area contributed by atoms with Crippen LogP contribution in [0.3, 0.4) is 0 Å². The average Bonchev–Trinajstić information content (AvgIpc) is 1.97. The van der Waals surface area contributed by atoms with Gasteiger partial charge in [0.2, 0.25) is 0 Å². The lowest BCUT2D eigenvalue weighted by Crippen LogP contribution is -1.87. The predicted molar refractivity (Wildman–Crippen MR) is 44.5 cm³/mol. The van der Waals surface area contributed by atoms with Crippen LogP contribution >= 0.6 is 0 Å². The van der Waals surface area contributed by atoms with E-state index < -0.39 is 0 Å². The van der Waals surface area contributed by atoms with Crippen LogP contribution in [0.15, 0.2) is 24.3 Å². The van der Waals surface area contributed by atoms with E-state index in [-0.39, 0.29) is 11.5 Å². The fraction of sp³-hybridized carbons (Fsp3) is 0.250. The molecular weight excluding hydrogens is 142 g/mol. The third-order valence-electron chi connectivity index (χ3n) is 0.850. The summed E-state index contributed by atoms with van der Waals surface area (Å²) in [5.41, 5.74) is 4.85. The van der Waals surface area contributed by atoms with Crippen molar-refractivity contribution < 1.29 is 10.2 Å².